The van der Waals surface area contributed by atoms with Gasteiger partial charge < -0.3 is 15.4 Å². The van der Waals surface area contributed by atoms with Crippen LogP contribution in [0.25, 0.3) is 0 Å². The third kappa shape index (κ3) is 5.61. The lowest BCUT2D eigenvalue weighted by atomic mass is 10.2. The Morgan fingerprint density at radius 3 is 2.86 bits per heavy atom. The summed E-state index contributed by atoms with van der Waals surface area (Å²) >= 11 is 0. The minimum atomic E-state index is 0.410. The molecule has 0 aromatic carbocycles. The number of pyridine rings is 1. The quantitative estimate of drug-likeness (QED) is 0.598. The molecule has 2 rings (SSSR count). The summed E-state index contributed by atoms with van der Waals surface area (Å²) < 4.78 is 5.63. The number of nitrogens with one attached hydrogen (secondary N) is 2. The van der Waals surface area contributed by atoms with Crippen molar-refractivity contribution in [3.05, 3.63) is 23.9 Å². The van der Waals surface area contributed by atoms with Crippen molar-refractivity contribution in [2.75, 3.05) is 13.7 Å². The molecular weight excluding hydrogens is 264 g/mol. The molecule has 5 heteroatoms. The largest absolute Gasteiger partial charge is 0.477 e. The molecule has 21 heavy (non-hydrogen) atoms. The fourth-order valence-electron chi connectivity index (χ4n) is 1.80. The Kier molecular flexibility index (Phi) is 5.84. The predicted molar refractivity (Wildman–Crippen MR) is 85.5 cm³/mol. The second kappa shape index (κ2) is 7.86. The lowest BCUT2D eigenvalue weighted by Crippen LogP contribution is -2.41. The van der Waals surface area contributed by atoms with E-state index in [0.717, 1.165) is 30.5 Å². The van der Waals surface area contributed by atoms with Crippen LogP contribution in [-0.4, -0.2) is 30.6 Å². The Labute approximate surface area is 127 Å². The molecule has 1 atom stereocenters. The van der Waals surface area contributed by atoms with Crippen molar-refractivity contribution in [2.45, 2.75) is 45.7 Å². The molecule has 1 aromatic rings. The van der Waals surface area contributed by atoms with Gasteiger partial charge in [-0.1, -0.05) is 13.0 Å². The number of guanidine groups is 1. The first kappa shape index (κ1) is 15.6. The molecule has 0 spiro atoms. The molecule has 1 aliphatic carbocycles. The van der Waals surface area contributed by atoms with E-state index in [4.69, 9.17) is 4.74 Å². The lowest BCUT2D eigenvalue weighted by Gasteiger charge is -2.16. The molecule has 1 fully saturated rings. The van der Waals surface area contributed by atoms with Gasteiger partial charge in [0.1, 0.15) is 0 Å². The average Bonchev–Trinajstić information content (AvgIpc) is 3.34. The molecule has 116 valence electrons. The number of aliphatic imine (C=N–C) groups is 1. The minimum Gasteiger partial charge on any atom is -0.477 e. The Balaban J connectivity index is 1.76. The first-order chi connectivity index (χ1) is 10.2. The molecule has 0 aliphatic heterocycles. The summed E-state index contributed by atoms with van der Waals surface area (Å²) in [6.07, 6.45) is 5.51. The second-order valence-electron chi connectivity index (χ2n) is 5.64. The summed E-state index contributed by atoms with van der Waals surface area (Å²) in [5.41, 5.74) is 1.11. The van der Waals surface area contributed by atoms with Crippen molar-refractivity contribution in [1.29, 1.82) is 0 Å². The number of hydrogen-bond donors (Lipinski definition) is 2. The van der Waals surface area contributed by atoms with Gasteiger partial charge in [-0.15, -0.1) is 0 Å². The zero-order valence-corrected chi connectivity index (χ0v) is 13.2. The normalized spacial score (nSPS) is 16.4. The Bertz CT molecular complexity index is 454. The van der Waals surface area contributed by atoms with E-state index >= 15 is 0 Å². The first-order valence-corrected chi connectivity index (χ1v) is 7.76. The summed E-state index contributed by atoms with van der Waals surface area (Å²) in [5.74, 6) is 2.29. The molecule has 1 unspecified atom stereocenters. The van der Waals surface area contributed by atoms with Gasteiger partial charge in [-0.05, 0) is 37.7 Å². The van der Waals surface area contributed by atoms with Crippen molar-refractivity contribution in [2.24, 2.45) is 10.9 Å². The van der Waals surface area contributed by atoms with E-state index in [-0.39, 0.29) is 0 Å². The maximum Gasteiger partial charge on any atom is 0.213 e. The second-order valence-corrected chi connectivity index (χ2v) is 5.64. The van der Waals surface area contributed by atoms with Crippen molar-refractivity contribution in [3.63, 3.8) is 0 Å². The topological polar surface area (TPSA) is 58.5 Å². The lowest BCUT2D eigenvalue weighted by molar-refractivity contribution is 0.288. The van der Waals surface area contributed by atoms with E-state index in [1.54, 1.807) is 7.05 Å². The van der Waals surface area contributed by atoms with Crippen molar-refractivity contribution >= 4 is 5.96 Å². The highest BCUT2D eigenvalue weighted by molar-refractivity contribution is 5.79. The molecule has 2 N–H and O–H groups in total. The van der Waals surface area contributed by atoms with Crippen LogP contribution in [0.4, 0.5) is 0 Å². The Morgan fingerprint density at radius 2 is 2.29 bits per heavy atom. The van der Waals surface area contributed by atoms with Crippen LogP contribution in [0.3, 0.4) is 0 Å². The van der Waals surface area contributed by atoms with Crippen molar-refractivity contribution < 1.29 is 4.74 Å². The average molecular weight is 290 g/mol. The van der Waals surface area contributed by atoms with E-state index in [0.29, 0.717) is 18.5 Å². The van der Waals surface area contributed by atoms with Gasteiger partial charge in [0.25, 0.3) is 0 Å². The summed E-state index contributed by atoms with van der Waals surface area (Å²) in [7, 11) is 1.78. The summed E-state index contributed by atoms with van der Waals surface area (Å²) in [4.78, 5) is 8.55. The van der Waals surface area contributed by atoms with Crippen LogP contribution in [-0.2, 0) is 6.54 Å². The standard InChI is InChI=1S/C16H26N4O/c1-4-12(2)20-16(17-3)19-10-14-7-8-15(18-9-14)21-11-13-5-6-13/h7-9,12-13H,4-6,10-11H2,1-3H3,(H2,17,19,20). The van der Waals surface area contributed by atoms with E-state index in [2.05, 4.69) is 34.5 Å². The van der Waals surface area contributed by atoms with Gasteiger partial charge in [-0.25, -0.2) is 4.98 Å². The van der Waals surface area contributed by atoms with Crippen LogP contribution in [0.15, 0.2) is 23.3 Å². The third-order valence-corrected chi connectivity index (χ3v) is 3.64. The van der Waals surface area contributed by atoms with Gasteiger partial charge in [0, 0.05) is 31.9 Å². The van der Waals surface area contributed by atoms with Crippen LogP contribution in [0.5, 0.6) is 5.88 Å². The maximum atomic E-state index is 5.63. The van der Waals surface area contributed by atoms with Crippen LogP contribution in [0.2, 0.25) is 0 Å². The minimum absolute atomic E-state index is 0.410. The number of hydrogen-bond acceptors (Lipinski definition) is 3. The number of nitrogens with zero attached hydrogens (tertiary/aromatic N) is 2. The summed E-state index contributed by atoms with van der Waals surface area (Å²) in [6, 6.07) is 4.38. The van der Waals surface area contributed by atoms with E-state index in [1.165, 1.54) is 12.8 Å². The molecular formula is C16H26N4O. The first-order valence-electron chi connectivity index (χ1n) is 7.76. The highest BCUT2D eigenvalue weighted by atomic mass is 16.5. The smallest absolute Gasteiger partial charge is 0.213 e. The van der Waals surface area contributed by atoms with Gasteiger partial charge in [0.15, 0.2) is 5.96 Å². The molecule has 1 heterocycles. The van der Waals surface area contributed by atoms with Gasteiger partial charge in [0.2, 0.25) is 5.88 Å². The molecule has 0 bridgehead atoms. The zero-order valence-electron chi connectivity index (χ0n) is 13.2. The monoisotopic (exact) mass is 290 g/mol. The predicted octanol–water partition coefficient (Wildman–Crippen LogP) is 2.33. The van der Waals surface area contributed by atoms with Crippen LogP contribution < -0.4 is 15.4 Å². The summed E-state index contributed by atoms with van der Waals surface area (Å²) in [5, 5.41) is 6.62. The van der Waals surface area contributed by atoms with Crippen molar-refractivity contribution in [3.8, 4) is 5.88 Å². The van der Waals surface area contributed by atoms with Gasteiger partial charge in [-0.3, -0.25) is 4.99 Å². The highest BCUT2D eigenvalue weighted by Gasteiger charge is 2.21. The fourth-order valence-corrected chi connectivity index (χ4v) is 1.80. The third-order valence-electron chi connectivity index (χ3n) is 3.64. The summed E-state index contributed by atoms with van der Waals surface area (Å²) in [6.45, 7) is 5.79. The van der Waals surface area contributed by atoms with Crippen molar-refractivity contribution in [1.82, 2.24) is 15.6 Å². The molecule has 5 nitrogen and oxygen atoms in total. The van der Waals surface area contributed by atoms with Crippen LogP contribution in [0, 0.1) is 5.92 Å². The number of aromatic nitrogens is 1. The van der Waals surface area contributed by atoms with E-state index in [9.17, 15) is 0 Å². The fraction of sp³-hybridized carbons (Fsp3) is 0.625. The van der Waals surface area contributed by atoms with Crippen LogP contribution in [0.1, 0.15) is 38.7 Å². The SMILES string of the molecule is CCC(C)NC(=NC)NCc1ccc(OCC2CC2)nc1. The maximum absolute atomic E-state index is 5.63. The Hall–Kier alpha value is -1.78. The van der Waals surface area contributed by atoms with E-state index in [1.807, 2.05) is 18.3 Å². The van der Waals surface area contributed by atoms with Gasteiger partial charge in [-0.2, -0.15) is 0 Å². The van der Waals surface area contributed by atoms with Gasteiger partial charge >= 0.3 is 0 Å². The zero-order chi connectivity index (χ0) is 15.1. The molecule has 1 aliphatic rings. The highest BCUT2D eigenvalue weighted by Crippen LogP contribution is 2.29. The molecule has 0 amide bonds. The molecule has 0 radical (unpaired) electrons. The van der Waals surface area contributed by atoms with E-state index < -0.39 is 0 Å². The number of rotatable bonds is 7. The molecule has 0 saturated heterocycles. The molecule has 1 aromatic heterocycles. The Morgan fingerprint density at radius 1 is 1.48 bits per heavy atom. The molecule has 1 saturated carbocycles. The number of ether oxygens (including phenoxy) is 1. The van der Waals surface area contributed by atoms with Gasteiger partial charge in [0.05, 0.1) is 6.61 Å². The van der Waals surface area contributed by atoms with Crippen LogP contribution >= 0.6 is 0 Å².